The summed E-state index contributed by atoms with van der Waals surface area (Å²) >= 11 is 0. The van der Waals surface area contributed by atoms with Crippen LogP contribution in [0, 0.1) is 0 Å². The van der Waals surface area contributed by atoms with Crippen molar-refractivity contribution in [1.82, 2.24) is 4.98 Å². The van der Waals surface area contributed by atoms with Crippen molar-refractivity contribution in [3.8, 4) is 5.75 Å². The van der Waals surface area contributed by atoms with Crippen LogP contribution in [-0.4, -0.2) is 10.1 Å². The predicted molar refractivity (Wildman–Crippen MR) is 88.7 cm³/mol. The Morgan fingerprint density at radius 3 is 2.65 bits per heavy atom. The van der Waals surface area contributed by atoms with Crippen LogP contribution < -0.4 is 5.63 Å². The summed E-state index contributed by atoms with van der Waals surface area (Å²) in [5.41, 5.74) is 1.64. The number of rotatable bonds is 2. The standard InChI is InChI=1S/C19H13NO3/c21-18-14-6-2-4-8-17(14)23-19(22)15(18)11-13-10-9-12-5-1-3-7-16(12)20-13/h1-10,21H,11H2. The lowest BCUT2D eigenvalue weighted by atomic mass is 10.1. The molecule has 0 radical (unpaired) electrons. The van der Waals surface area contributed by atoms with Crippen molar-refractivity contribution in [3.63, 3.8) is 0 Å². The Hall–Kier alpha value is -3.14. The van der Waals surface area contributed by atoms with E-state index >= 15 is 0 Å². The van der Waals surface area contributed by atoms with Gasteiger partial charge in [0.2, 0.25) is 0 Å². The van der Waals surface area contributed by atoms with E-state index in [1.165, 1.54) is 0 Å². The Kier molecular flexibility index (Phi) is 3.08. The van der Waals surface area contributed by atoms with Crippen molar-refractivity contribution in [1.29, 1.82) is 0 Å². The number of pyridine rings is 1. The Labute approximate surface area is 131 Å². The zero-order valence-corrected chi connectivity index (χ0v) is 12.2. The van der Waals surface area contributed by atoms with E-state index in [0.717, 1.165) is 10.9 Å². The molecule has 112 valence electrons. The topological polar surface area (TPSA) is 63.3 Å². The Morgan fingerprint density at radius 2 is 1.74 bits per heavy atom. The summed E-state index contributed by atoms with van der Waals surface area (Å²) in [7, 11) is 0. The largest absolute Gasteiger partial charge is 0.507 e. The van der Waals surface area contributed by atoms with Crippen LogP contribution in [0.2, 0.25) is 0 Å². The fraction of sp³-hybridized carbons (Fsp3) is 0.0526. The van der Waals surface area contributed by atoms with Gasteiger partial charge in [-0.3, -0.25) is 4.98 Å². The first-order chi connectivity index (χ1) is 11.2. The molecule has 0 amide bonds. The molecule has 2 aromatic carbocycles. The quantitative estimate of drug-likeness (QED) is 0.574. The van der Waals surface area contributed by atoms with E-state index in [9.17, 15) is 9.90 Å². The van der Waals surface area contributed by atoms with Crippen LogP contribution in [0.5, 0.6) is 5.75 Å². The van der Waals surface area contributed by atoms with Crippen LogP contribution >= 0.6 is 0 Å². The summed E-state index contributed by atoms with van der Waals surface area (Å²) in [6, 6.07) is 18.5. The third kappa shape index (κ3) is 2.34. The molecule has 0 spiro atoms. The van der Waals surface area contributed by atoms with Crippen LogP contribution in [0.4, 0.5) is 0 Å². The first-order valence-electron chi connectivity index (χ1n) is 7.31. The molecule has 0 aliphatic carbocycles. The fourth-order valence-electron chi connectivity index (χ4n) is 2.72. The SMILES string of the molecule is O=c1oc2ccccc2c(O)c1Cc1ccc2ccccc2n1. The van der Waals surface area contributed by atoms with E-state index in [4.69, 9.17) is 4.42 Å². The highest BCUT2D eigenvalue weighted by Crippen LogP contribution is 2.27. The number of aromatic hydroxyl groups is 1. The number of hydrogen-bond acceptors (Lipinski definition) is 4. The first kappa shape index (κ1) is 13.5. The molecule has 0 aliphatic rings. The maximum absolute atomic E-state index is 12.2. The van der Waals surface area contributed by atoms with Crippen molar-refractivity contribution in [3.05, 3.63) is 82.3 Å². The minimum absolute atomic E-state index is 0.0354. The lowest BCUT2D eigenvalue weighted by molar-refractivity contribution is 0.458. The van der Waals surface area contributed by atoms with Gasteiger partial charge in [0, 0.05) is 17.5 Å². The van der Waals surface area contributed by atoms with E-state index in [1.807, 2.05) is 36.4 Å². The summed E-state index contributed by atoms with van der Waals surface area (Å²) in [6.07, 6.45) is 0.226. The molecule has 0 fully saturated rings. The fourth-order valence-corrected chi connectivity index (χ4v) is 2.72. The lowest BCUT2D eigenvalue weighted by Gasteiger charge is -2.07. The molecule has 0 bridgehead atoms. The molecule has 4 aromatic rings. The summed E-state index contributed by atoms with van der Waals surface area (Å²) in [4.78, 5) is 16.7. The zero-order chi connectivity index (χ0) is 15.8. The van der Waals surface area contributed by atoms with Crippen molar-refractivity contribution < 1.29 is 9.52 Å². The monoisotopic (exact) mass is 303 g/mol. The molecule has 0 saturated heterocycles. The van der Waals surface area contributed by atoms with E-state index in [1.54, 1.807) is 24.3 Å². The Bertz CT molecular complexity index is 1080. The molecule has 4 rings (SSSR count). The molecular formula is C19H13NO3. The minimum atomic E-state index is -0.531. The molecular weight excluding hydrogens is 290 g/mol. The third-order valence-electron chi connectivity index (χ3n) is 3.89. The average Bonchev–Trinajstić information content (AvgIpc) is 2.58. The highest BCUT2D eigenvalue weighted by atomic mass is 16.4. The van der Waals surface area contributed by atoms with Crippen LogP contribution in [0.15, 0.2) is 69.9 Å². The Balaban J connectivity index is 1.84. The van der Waals surface area contributed by atoms with E-state index in [2.05, 4.69) is 4.98 Å². The predicted octanol–water partition coefficient (Wildman–Crippen LogP) is 3.64. The minimum Gasteiger partial charge on any atom is -0.507 e. The van der Waals surface area contributed by atoms with Crippen molar-refractivity contribution in [2.45, 2.75) is 6.42 Å². The van der Waals surface area contributed by atoms with E-state index in [0.29, 0.717) is 16.7 Å². The number of fused-ring (bicyclic) bond motifs is 2. The summed E-state index contributed by atoms with van der Waals surface area (Å²) in [6.45, 7) is 0. The highest BCUT2D eigenvalue weighted by molar-refractivity contribution is 5.84. The summed E-state index contributed by atoms with van der Waals surface area (Å²) < 4.78 is 5.29. The maximum Gasteiger partial charge on any atom is 0.343 e. The van der Waals surface area contributed by atoms with E-state index < -0.39 is 5.63 Å². The summed E-state index contributed by atoms with van der Waals surface area (Å²) in [5.74, 6) is -0.0354. The molecule has 0 saturated carbocycles. The van der Waals surface area contributed by atoms with Gasteiger partial charge in [-0.2, -0.15) is 0 Å². The van der Waals surface area contributed by atoms with Crippen molar-refractivity contribution >= 4 is 21.9 Å². The molecule has 0 aliphatic heterocycles. The summed E-state index contributed by atoms with van der Waals surface area (Å²) in [5, 5.41) is 12.0. The third-order valence-corrected chi connectivity index (χ3v) is 3.89. The van der Waals surface area contributed by atoms with Crippen LogP contribution in [0.3, 0.4) is 0 Å². The second kappa shape index (κ2) is 5.25. The molecule has 23 heavy (non-hydrogen) atoms. The number of para-hydroxylation sites is 2. The molecule has 1 N–H and O–H groups in total. The number of benzene rings is 2. The zero-order valence-electron chi connectivity index (χ0n) is 12.2. The van der Waals surface area contributed by atoms with Gasteiger partial charge in [-0.05, 0) is 24.3 Å². The average molecular weight is 303 g/mol. The second-order valence-corrected chi connectivity index (χ2v) is 5.38. The Morgan fingerprint density at radius 1 is 0.957 bits per heavy atom. The van der Waals surface area contributed by atoms with Gasteiger partial charge in [0.05, 0.1) is 16.5 Å². The molecule has 4 nitrogen and oxygen atoms in total. The van der Waals surface area contributed by atoms with Crippen LogP contribution in [0.25, 0.3) is 21.9 Å². The van der Waals surface area contributed by atoms with Crippen LogP contribution in [0.1, 0.15) is 11.3 Å². The van der Waals surface area contributed by atoms with Gasteiger partial charge in [-0.15, -0.1) is 0 Å². The highest BCUT2D eigenvalue weighted by Gasteiger charge is 2.14. The van der Waals surface area contributed by atoms with Crippen molar-refractivity contribution in [2.24, 2.45) is 0 Å². The van der Waals surface area contributed by atoms with Gasteiger partial charge in [0.25, 0.3) is 0 Å². The van der Waals surface area contributed by atoms with E-state index in [-0.39, 0.29) is 17.7 Å². The van der Waals surface area contributed by atoms with Gasteiger partial charge in [0.15, 0.2) is 0 Å². The number of nitrogens with zero attached hydrogens (tertiary/aromatic N) is 1. The van der Waals surface area contributed by atoms with Crippen LogP contribution in [-0.2, 0) is 6.42 Å². The number of aromatic nitrogens is 1. The second-order valence-electron chi connectivity index (χ2n) is 5.38. The smallest absolute Gasteiger partial charge is 0.343 e. The molecule has 2 heterocycles. The normalized spacial score (nSPS) is 11.1. The number of hydrogen-bond donors (Lipinski definition) is 1. The molecule has 4 heteroatoms. The maximum atomic E-state index is 12.2. The lowest BCUT2D eigenvalue weighted by Crippen LogP contribution is -2.09. The molecule has 0 atom stereocenters. The molecule has 0 unspecified atom stereocenters. The van der Waals surface area contributed by atoms with Gasteiger partial charge in [-0.1, -0.05) is 36.4 Å². The van der Waals surface area contributed by atoms with Gasteiger partial charge in [0.1, 0.15) is 11.3 Å². The van der Waals surface area contributed by atoms with Gasteiger partial charge < -0.3 is 9.52 Å². The van der Waals surface area contributed by atoms with Gasteiger partial charge in [-0.25, -0.2) is 4.79 Å². The first-order valence-corrected chi connectivity index (χ1v) is 7.31. The van der Waals surface area contributed by atoms with Gasteiger partial charge >= 0.3 is 5.63 Å². The molecule has 2 aromatic heterocycles. The van der Waals surface area contributed by atoms with Crippen molar-refractivity contribution in [2.75, 3.05) is 0 Å².